The van der Waals surface area contributed by atoms with Crippen LogP contribution in [0.15, 0.2) is 84.9 Å². The van der Waals surface area contributed by atoms with E-state index in [9.17, 15) is 9.59 Å². The van der Waals surface area contributed by atoms with Crippen LogP contribution >= 0.6 is 0 Å². The molecule has 0 aliphatic rings. The van der Waals surface area contributed by atoms with E-state index in [0.717, 1.165) is 16.9 Å². The summed E-state index contributed by atoms with van der Waals surface area (Å²) in [4.78, 5) is 24.4. The van der Waals surface area contributed by atoms with Gasteiger partial charge in [-0.05, 0) is 42.3 Å². The lowest BCUT2D eigenvalue weighted by Crippen LogP contribution is -2.44. The van der Waals surface area contributed by atoms with Crippen molar-refractivity contribution in [2.75, 3.05) is 0 Å². The highest BCUT2D eigenvalue weighted by Crippen LogP contribution is 2.12. The molecule has 2 amide bonds. The Balaban J connectivity index is 1.44. The Hall–Kier alpha value is -3.60. The fraction of sp³-hybridized carbons (Fsp3) is 0.167. The van der Waals surface area contributed by atoms with Crippen LogP contribution in [0, 0.1) is 0 Å². The molecule has 0 spiro atoms. The minimum atomic E-state index is -0.624. The highest BCUT2D eigenvalue weighted by molar-refractivity contribution is 5.97. The van der Waals surface area contributed by atoms with Crippen molar-refractivity contribution in [1.82, 2.24) is 10.6 Å². The van der Waals surface area contributed by atoms with Crippen LogP contribution in [-0.4, -0.2) is 17.9 Å². The van der Waals surface area contributed by atoms with Crippen LogP contribution in [0.1, 0.15) is 28.4 Å². The first-order valence-electron chi connectivity index (χ1n) is 9.51. The second-order valence-electron chi connectivity index (χ2n) is 6.70. The normalized spacial score (nSPS) is 11.3. The van der Waals surface area contributed by atoms with Crippen LogP contribution in [0.3, 0.4) is 0 Å². The lowest BCUT2D eigenvalue weighted by atomic mass is 10.1. The largest absolute Gasteiger partial charge is 0.489 e. The predicted octanol–water partition coefficient (Wildman–Crippen LogP) is 3.70. The minimum Gasteiger partial charge on any atom is -0.489 e. The van der Waals surface area contributed by atoms with Crippen molar-refractivity contribution in [3.05, 3.63) is 102 Å². The highest BCUT2D eigenvalue weighted by Gasteiger charge is 2.16. The maximum absolute atomic E-state index is 12.3. The first-order valence-corrected chi connectivity index (χ1v) is 9.51. The van der Waals surface area contributed by atoms with Gasteiger partial charge in [-0.2, -0.15) is 0 Å². The lowest BCUT2D eigenvalue weighted by Gasteiger charge is -2.14. The standard InChI is InChI=1S/C24H24N2O3/c1-18(26-24(28)21-8-4-2-5-9-21)23(27)25-16-19-12-14-20(15-13-19)17-29-22-10-6-3-7-11-22/h2-15,18H,16-17H2,1H3,(H,25,27)(H,26,28). The van der Waals surface area contributed by atoms with Crippen LogP contribution in [0.2, 0.25) is 0 Å². The third-order valence-corrected chi connectivity index (χ3v) is 4.42. The van der Waals surface area contributed by atoms with Gasteiger partial charge in [0.25, 0.3) is 5.91 Å². The molecule has 0 saturated carbocycles. The number of hydrogen-bond donors (Lipinski definition) is 2. The second-order valence-corrected chi connectivity index (χ2v) is 6.70. The Labute approximate surface area is 170 Å². The van der Waals surface area contributed by atoms with E-state index in [1.54, 1.807) is 31.2 Å². The third kappa shape index (κ3) is 6.21. The SMILES string of the molecule is CC(NC(=O)c1ccccc1)C(=O)NCc1ccc(COc2ccccc2)cc1. The fourth-order valence-electron chi connectivity index (χ4n) is 2.71. The maximum Gasteiger partial charge on any atom is 0.251 e. The molecule has 2 N–H and O–H groups in total. The van der Waals surface area contributed by atoms with Crippen LogP contribution in [-0.2, 0) is 17.9 Å². The van der Waals surface area contributed by atoms with Gasteiger partial charge in [-0.3, -0.25) is 9.59 Å². The first-order chi connectivity index (χ1) is 14.1. The van der Waals surface area contributed by atoms with Gasteiger partial charge in [0.2, 0.25) is 5.91 Å². The third-order valence-electron chi connectivity index (χ3n) is 4.42. The Morgan fingerprint density at radius 3 is 2.07 bits per heavy atom. The molecule has 0 bridgehead atoms. The topological polar surface area (TPSA) is 67.4 Å². The summed E-state index contributed by atoms with van der Waals surface area (Å²) in [5.74, 6) is 0.331. The molecule has 1 unspecified atom stereocenters. The molecule has 0 fully saturated rings. The molecule has 3 aromatic rings. The zero-order valence-electron chi connectivity index (χ0n) is 16.3. The summed E-state index contributed by atoms with van der Waals surface area (Å²) in [6.07, 6.45) is 0. The van der Waals surface area contributed by atoms with E-state index in [4.69, 9.17) is 4.74 Å². The van der Waals surface area contributed by atoms with Crippen molar-refractivity contribution < 1.29 is 14.3 Å². The number of rotatable bonds is 8. The van der Waals surface area contributed by atoms with Crippen molar-refractivity contribution >= 4 is 11.8 Å². The van der Waals surface area contributed by atoms with Crippen LogP contribution in [0.25, 0.3) is 0 Å². The van der Waals surface area contributed by atoms with Gasteiger partial charge in [0.15, 0.2) is 0 Å². The van der Waals surface area contributed by atoms with Gasteiger partial charge in [0, 0.05) is 12.1 Å². The van der Waals surface area contributed by atoms with E-state index in [1.807, 2.05) is 60.7 Å². The van der Waals surface area contributed by atoms with E-state index in [-0.39, 0.29) is 11.8 Å². The van der Waals surface area contributed by atoms with Crippen molar-refractivity contribution in [1.29, 1.82) is 0 Å². The second kappa shape index (κ2) is 10.1. The number of ether oxygens (including phenoxy) is 1. The van der Waals surface area contributed by atoms with Gasteiger partial charge in [0.1, 0.15) is 18.4 Å². The van der Waals surface area contributed by atoms with Crippen molar-refractivity contribution in [3.8, 4) is 5.75 Å². The summed E-state index contributed by atoms with van der Waals surface area (Å²) >= 11 is 0. The summed E-state index contributed by atoms with van der Waals surface area (Å²) in [7, 11) is 0. The molecule has 0 aromatic heterocycles. The molecule has 29 heavy (non-hydrogen) atoms. The quantitative estimate of drug-likeness (QED) is 0.618. The molecular formula is C24H24N2O3. The molecule has 148 valence electrons. The molecule has 0 radical (unpaired) electrons. The molecule has 0 aliphatic carbocycles. The van der Waals surface area contributed by atoms with E-state index in [1.165, 1.54) is 0 Å². The summed E-state index contributed by atoms with van der Waals surface area (Å²) < 4.78 is 5.73. The molecule has 0 heterocycles. The number of hydrogen-bond acceptors (Lipinski definition) is 3. The van der Waals surface area contributed by atoms with Crippen molar-refractivity contribution in [2.45, 2.75) is 26.1 Å². The molecule has 3 aromatic carbocycles. The zero-order valence-corrected chi connectivity index (χ0v) is 16.3. The number of amides is 2. The Bertz CT molecular complexity index is 925. The predicted molar refractivity (Wildman–Crippen MR) is 112 cm³/mol. The van der Waals surface area contributed by atoms with E-state index in [0.29, 0.717) is 18.7 Å². The summed E-state index contributed by atoms with van der Waals surface area (Å²) in [6, 6.07) is 25.7. The molecule has 5 nitrogen and oxygen atoms in total. The Morgan fingerprint density at radius 2 is 1.41 bits per heavy atom. The van der Waals surface area contributed by atoms with E-state index in [2.05, 4.69) is 10.6 Å². The average molecular weight is 388 g/mol. The fourth-order valence-corrected chi connectivity index (χ4v) is 2.71. The number of para-hydroxylation sites is 1. The number of carbonyl (C=O) groups is 2. The van der Waals surface area contributed by atoms with Crippen LogP contribution in [0.5, 0.6) is 5.75 Å². The molecule has 5 heteroatoms. The number of nitrogens with one attached hydrogen (secondary N) is 2. The molecule has 3 rings (SSSR count). The van der Waals surface area contributed by atoms with Gasteiger partial charge >= 0.3 is 0 Å². The van der Waals surface area contributed by atoms with Crippen molar-refractivity contribution in [2.24, 2.45) is 0 Å². The van der Waals surface area contributed by atoms with Crippen LogP contribution < -0.4 is 15.4 Å². The zero-order chi connectivity index (χ0) is 20.5. The summed E-state index contributed by atoms with van der Waals surface area (Å²) in [5.41, 5.74) is 2.55. The highest BCUT2D eigenvalue weighted by atomic mass is 16.5. The average Bonchev–Trinajstić information content (AvgIpc) is 2.78. The molecule has 0 saturated heterocycles. The number of carbonyl (C=O) groups excluding carboxylic acids is 2. The molecule has 1 atom stereocenters. The number of benzene rings is 3. The summed E-state index contributed by atoms with van der Waals surface area (Å²) in [5, 5.41) is 5.55. The first kappa shape index (κ1) is 20.1. The monoisotopic (exact) mass is 388 g/mol. The van der Waals surface area contributed by atoms with Crippen molar-refractivity contribution in [3.63, 3.8) is 0 Å². The molecular weight excluding hydrogens is 364 g/mol. The van der Waals surface area contributed by atoms with Gasteiger partial charge in [0.05, 0.1) is 0 Å². The van der Waals surface area contributed by atoms with E-state index >= 15 is 0 Å². The summed E-state index contributed by atoms with van der Waals surface area (Å²) in [6.45, 7) is 2.55. The lowest BCUT2D eigenvalue weighted by molar-refractivity contribution is -0.122. The Kier molecular flexibility index (Phi) is 7.00. The van der Waals surface area contributed by atoms with Gasteiger partial charge in [-0.25, -0.2) is 0 Å². The minimum absolute atomic E-state index is 0.231. The smallest absolute Gasteiger partial charge is 0.251 e. The van der Waals surface area contributed by atoms with Crippen LogP contribution in [0.4, 0.5) is 0 Å². The van der Waals surface area contributed by atoms with Gasteiger partial charge in [-0.15, -0.1) is 0 Å². The van der Waals surface area contributed by atoms with E-state index < -0.39 is 6.04 Å². The molecule has 0 aliphatic heterocycles. The maximum atomic E-state index is 12.3. The Morgan fingerprint density at radius 1 is 0.828 bits per heavy atom. The van der Waals surface area contributed by atoms with Gasteiger partial charge < -0.3 is 15.4 Å². The van der Waals surface area contributed by atoms with Gasteiger partial charge in [-0.1, -0.05) is 60.7 Å².